The number of hydrogen-bond donors (Lipinski definition) is 0. The molecule has 0 aromatic heterocycles. The lowest BCUT2D eigenvalue weighted by atomic mass is 9.97. The zero-order valence-electron chi connectivity index (χ0n) is 12.7. The number of hydrogen-bond acceptors (Lipinski definition) is 8. The smallest absolute Gasteiger partial charge is 0.303 e. The first kappa shape index (κ1) is 19.0. The Morgan fingerprint density at radius 1 is 1.13 bits per heavy atom. The highest BCUT2D eigenvalue weighted by Gasteiger charge is 2.49. The van der Waals surface area contributed by atoms with Gasteiger partial charge in [-0.1, -0.05) is 16.7 Å². The summed E-state index contributed by atoms with van der Waals surface area (Å²) >= 11 is 6.01. The van der Waals surface area contributed by atoms with E-state index in [2.05, 4.69) is 10.0 Å². The zero-order chi connectivity index (χ0) is 17.6. The molecule has 1 saturated heterocycles. The van der Waals surface area contributed by atoms with E-state index in [1.807, 2.05) is 0 Å². The molecule has 0 saturated carbocycles. The van der Waals surface area contributed by atoms with E-state index >= 15 is 0 Å². The van der Waals surface area contributed by atoms with E-state index in [1.165, 1.54) is 6.92 Å². The Morgan fingerprint density at radius 2 is 1.70 bits per heavy atom. The number of carbonyl (C=O) groups excluding carboxylic acids is 3. The van der Waals surface area contributed by atoms with Crippen LogP contribution in [-0.2, 0) is 33.3 Å². The molecule has 10 nitrogen and oxygen atoms in total. The monoisotopic (exact) mass is 349 g/mol. The summed E-state index contributed by atoms with van der Waals surface area (Å²) < 4.78 is 20.3. The predicted molar refractivity (Wildman–Crippen MR) is 75.2 cm³/mol. The lowest BCUT2D eigenvalue weighted by Crippen LogP contribution is -2.59. The normalized spacial score (nSPS) is 29.8. The van der Waals surface area contributed by atoms with E-state index < -0.39 is 47.8 Å². The number of azide groups is 1. The molecule has 5 atom stereocenters. The lowest BCUT2D eigenvalue weighted by molar-refractivity contribution is -0.202. The van der Waals surface area contributed by atoms with Crippen molar-refractivity contribution in [2.24, 2.45) is 5.11 Å². The maximum absolute atomic E-state index is 11.3. The summed E-state index contributed by atoms with van der Waals surface area (Å²) in [4.78, 5) is 36.1. The molecule has 0 bridgehead atoms. The molecule has 1 heterocycles. The van der Waals surface area contributed by atoms with Crippen LogP contribution in [0.5, 0.6) is 0 Å². The summed E-state index contributed by atoms with van der Waals surface area (Å²) in [5, 5.41) is 3.50. The Labute approximate surface area is 136 Å². The SMILES string of the molecule is CC(=O)OC[C@H]1O[C@@H](Cl)[C@H](OC(C)=O)[C@@H](N=[N+]=[N-])[C@H]1OC(C)=O. The van der Waals surface area contributed by atoms with E-state index in [0.29, 0.717) is 0 Å². The second-order valence-corrected chi connectivity index (χ2v) is 5.10. The van der Waals surface area contributed by atoms with Crippen molar-refractivity contribution in [1.29, 1.82) is 0 Å². The summed E-state index contributed by atoms with van der Waals surface area (Å²) in [7, 11) is 0. The maximum Gasteiger partial charge on any atom is 0.303 e. The minimum Gasteiger partial charge on any atom is -0.463 e. The third-order valence-corrected chi connectivity index (χ3v) is 3.19. The molecule has 0 radical (unpaired) electrons. The molecule has 1 aliphatic heterocycles. The van der Waals surface area contributed by atoms with Gasteiger partial charge in [0.25, 0.3) is 0 Å². The van der Waals surface area contributed by atoms with E-state index in [1.54, 1.807) is 0 Å². The molecular weight excluding hydrogens is 334 g/mol. The second-order valence-electron chi connectivity index (χ2n) is 4.67. The number of nitrogens with zero attached hydrogens (tertiary/aromatic N) is 3. The van der Waals surface area contributed by atoms with Crippen LogP contribution >= 0.6 is 11.6 Å². The molecule has 0 unspecified atom stereocenters. The number of alkyl halides is 1. The van der Waals surface area contributed by atoms with E-state index in [-0.39, 0.29) is 6.61 Å². The maximum atomic E-state index is 11.3. The van der Waals surface area contributed by atoms with Crippen molar-refractivity contribution in [1.82, 2.24) is 0 Å². The predicted octanol–water partition coefficient (Wildman–Crippen LogP) is 1.06. The topological polar surface area (TPSA) is 137 Å². The van der Waals surface area contributed by atoms with Gasteiger partial charge in [0, 0.05) is 25.7 Å². The van der Waals surface area contributed by atoms with Gasteiger partial charge in [-0.2, -0.15) is 0 Å². The molecule has 0 aliphatic carbocycles. The summed E-state index contributed by atoms with van der Waals surface area (Å²) in [6, 6.07) is -1.13. The van der Waals surface area contributed by atoms with Crippen LogP contribution in [-0.4, -0.2) is 54.4 Å². The minimum atomic E-state index is -1.18. The van der Waals surface area contributed by atoms with Crippen molar-refractivity contribution in [2.75, 3.05) is 6.61 Å². The van der Waals surface area contributed by atoms with Gasteiger partial charge in [-0.25, -0.2) is 0 Å². The summed E-state index contributed by atoms with van der Waals surface area (Å²) in [6.45, 7) is 3.20. The molecule has 1 fully saturated rings. The average molecular weight is 350 g/mol. The first-order valence-electron chi connectivity index (χ1n) is 6.57. The highest BCUT2D eigenvalue weighted by atomic mass is 35.5. The molecular formula is C12H16ClN3O7. The van der Waals surface area contributed by atoms with Crippen molar-refractivity contribution in [2.45, 2.75) is 50.7 Å². The number of rotatable bonds is 5. The number of ether oxygens (including phenoxy) is 4. The fraction of sp³-hybridized carbons (Fsp3) is 0.750. The number of esters is 3. The molecule has 128 valence electrons. The summed E-state index contributed by atoms with van der Waals surface area (Å²) in [6.07, 6.45) is -3.28. The highest BCUT2D eigenvalue weighted by molar-refractivity contribution is 6.20. The van der Waals surface area contributed by atoms with Crippen LogP contribution in [0.3, 0.4) is 0 Å². The zero-order valence-corrected chi connectivity index (χ0v) is 13.4. The number of carbonyl (C=O) groups is 3. The Bertz CT molecular complexity index is 523. The molecule has 0 spiro atoms. The molecule has 1 rings (SSSR count). The van der Waals surface area contributed by atoms with Crippen molar-refractivity contribution >= 4 is 29.5 Å². The van der Waals surface area contributed by atoms with E-state index in [9.17, 15) is 14.4 Å². The largest absolute Gasteiger partial charge is 0.463 e. The lowest BCUT2D eigenvalue weighted by Gasteiger charge is -2.41. The fourth-order valence-corrected chi connectivity index (χ4v) is 2.39. The van der Waals surface area contributed by atoms with Crippen LogP contribution in [0.1, 0.15) is 20.8 Å². The summed E-state index contributed by atoms with van der Waals surface area (Å²) in [5.74, 6) is -1.94. The third kappa shape index (κ3) is 5.59. The van der Waals surface area contributed by atoms with Crippen LogP contribution in [0, 0.1) is 0 Å². The van der Waals surface area contributed by atoms with E-state index in [4.69, 9.17) is 36.1 Å². The Kier molecular flexibility index (Phi) is 7.08. The standard InChI is InChI=1S/C12H16ClN3O7/c1-5(17)20-4-8-10(21-6(2)18)9(15-16-14)11(12(13)23-8)22-7(3)19/h8-12H,4H2,1-3H3/t8-,9+,10+,11-,12-/m1/s1. The highest BCUT2D eigenvalue weighted by Crippen LogP contribution is 2.30. The molecule has 0 aromatic carbocycles. The average Bonchev–Trinajstić information content (AvgIpc) is 2.43. The second kappa shape index (κ2) is 8.56. The molecule has 0 aromatic rings. The van der Waals surface area contributed by atoms with Gasteiger partial charge >= 0.3 is 17.9 Å². The van der Waals surface area contributed by atoms with Crippen molar-refractivity contribution < 1.29 is 33.3 Å². The van der Waals surface area contributed by atoms with Crippen LogP contribution in [0.25, 0.3) is 10.4 Å². The Balaban J connectivity index is 3.09. The Hall–Kier alpha value is -2.03. The van der Waals surface area contributed by atoms with Gasteiger partial charge < -0.3 is 18.9 Å². The fourth-order valence-electron chi connectivity index (χ4n) is 2.06. The van der Waals surface area contributed by atoms with Crippen LogP contribution in [0.4, 0.5) is 0 Å². The van der Waals surface area contributed by atoms with Crippen molar-refractivity contribution in [3.63, 3.8) is 0 Å². The molecule has 0 amide bonds. The molecule has 1 aliphatic rings. The molecule has 0 N–H and O–H groups in total. The van der Waals surface area contributed by atoms with Crippen molar-refractivity contribution in [3.8, 4) is 0 Å². The van der Waals surface area contributed by atoms with Gasteiger partial charge in [0.05, 0.1) is 0 Å². The van der Waals surface area contributed by atoms with E-state index in [0.717, 1.165) is 13.8 Å². The Morgan fingerprint density at radius 3 is 2.17 bits per heavy atom. The third-order valence-electron chi connectivity index (χ3n) is 2.84. The van der Waals surface area contributed by atoms with Gasteiger partial charge in [-0.05, 0) is 5.53 Å². The molecule has 23 heavy (non-hydrogen) atoms. The number of halogens is 1. The van der Waals surface area contributed by atoms with Gasteiger partial charge in [0.2, 0.25) is 0 Å². The van der Waals surface area contributed by atoms with Crippen molar-refractivity contribution in [3.05, 3.63) is 10.4 Å². The van der Waals surface area contributed by atoms with Gasteiger partial charge in [-0.15, -0.1) is 0 Å². The van der Waals surface area contributed by atoms with Gasteiger partial charge in [-0.3, -0.25) is 14.4 Å². The summed E-state index contributed by atoms with van der Waals surface area (Å²) in [5.41, 5.74) is 7.54. The van der Waals surface area contributed by atoms with Crippen LogP contribution in [0.15, 0.2) is 5.11 Å². The quantitative estimate of drug-likeness (QED) is 0.180. The van der Waals surface area contributed by atoms with Crippen LogP contribution in [0.2, 0.25) is 0 Å². The molecule has 11 heteroatoms. The van der Waals surface area contributed by atoms with Gasteiger partial charge in [0.1, 0.15) is 24.9 Å². The van der Waals surface area contributed by atoms with Crippen LogP contribution < -0.4 is 0 Å². The first-order valence-corrected chi connectivity index (χ1v) is 7.01. The minimum absolute atomic E-state index is 0.277. The first-order chi connectivity index (χ1) is 10.8. The van der Waals surface area contributed by atoms with Gasteiger partial charge in [0.15, 0.2) is 11.7 Å².